The van der Waals surface area contributed by atoms with E-state index in [1.165, 1.54) is 24.3 Å². The first-order valence-electron chi connectivity index (χ1n) is 11.5. The second-order valence-corrected chi connectivity index (χ2v) is 9.31. The summed E-state index contributed by atoms with van der Waals surface area (Å²) in [6.45, 7) is 2.44. The molecule has 1 aliphatic heterocycles. The molecule has 5 rings (SSSR count). The highest BCUT2D eigenvalue weighted by Crippen LogP contribution is 2.33. The largest absolute Gasteiger partial charge is 0.417 e. The zero-order valence-corrected chi connectivity index (χ0v) is 21.8. The molecule has 0 bridgehead atoms. The van der Waals surface area contributed by atoms with Crippen molar-refractivity contribution in [3.63, 3.8) is 0 Å². The quantitative estimate of drug-likeness (QED) is 0.244. The van der Waals surface area contributed by atoms with Gasteiger partial charge < -0.3 is 25.6 Å². The number of halogens is 5. The van der Waals surface area contributed by atoms with Crippen molar-refractivity contribution in [2.24, 2.45) is 0 Å². The van der Waals surface area contributed by atoms with Crippen molar-refractivity contribution in [2.75, 3.05) is 28.6 Å². The Morgan fingerprint density at radius 2 is 1.74 bits per heavy atom. The second-order valence-electron chi connectivity index (χ2n) is 8.90. The number of benzene rings is 3. The fourth-order valence-electron chi connectivity index (χ4n) is 4.19. The lowest BCUT2D eigenvalue weighted by Gasteiger charge is -2.35. The van der Waals surface area contributed by atoms with Crippen molar-refractivity contribution in [3.05, 3.63) is 81.9 Å². The van der Waals surface area contributed by atoms with Crippen LogP contribution in [0, 0.1) is 6.92 Å². The fraction of sp³-hybridized carbons (Fsp3) is 0.192. The molecule has 0 unspecified atom stereocenters. The molecule has 204 valence electrons. The van der Waals surface area contributed by atoms with Gasteiger partial charge in [-0.3, -0.25) is 9.59 Å². The van der Waals surface area contributed by atoms with Gasteiger partial charge in [0, 0.05) is 29.5 Å². The number of imidazole rings is 1. The molecule has 3 aromatic carbocycles. The zero-order chi connectivity index (χ0) is 27.2. The molecule has 0 spiro atoms. The third-order valence-corrected chi connectivity index (χ3v) is 6.64. The van der Waals surface area contributed by atoms with Crippen molar-refractivity contribution in [3.8, 4) is 0 Å². The third kappa shape index (κ3) is 5.65. The van der Waals surface area contributed by atoms with Crippen LogP contribution in [-0.2, 0) is 6.18 Å². The van der Waals surface area contributed by atoms with Crippen LogP contribution < -0.4 is 15.5 Å². The lowest BCUT2D eigenvalue weighted by atomic mass is 10.1. The third-order valence-electron chi connectivity index (χ3n) is 6.23. The highest BCUT2D eigenvalue weighted by atomic mass is 35.5. The number of aliphatic hydroxyl groups excluding tert-OH is 1. The van der Waals surface area contributed by atoms with Crippen LogP contribution in [-0.4, -0.2) is 46.1 Å². The topological polar surface area (TPSA) is 110 Å². The van der Waals surface area contributed by atoms with Crippen LogP contribution in [0.2, 0.25) is 5.02 Å². The number of amides is 2. The Bertz CT molecular complexity index is 1570. The number of alkyl halides is 3. The molecule has 0 saturated carbocycles. The lowest BCUT2D eigenvalue weighted by molar-refractivity contribution is -0.137. The van der Waals surface area contributed by atoms with Crippen molar-refractivity contribution in [1.82, 2.24) is 9.97 Å². The summed E-state index contributed by atoms with van der Waals surface area (Å²) in [6, 6.07) is 12.3. The minimum absolute atomic E-state index is 0. The van der Waals surface area contributed by atoms with Gasteiger partial charge in [-0.15, -0.1) is 12.4 Å². The number of hydrogen-bond acceptors (Lipinski definition) is 5. The molecule has 13 heteroatoms. The van der Waals surface area contributed by atoms with E-state index >= 15 is 0 Å². The number of nitrogens with zero attached hydrogens (tertiary/aromatic N) is 2. The van der Waals surface area contributed by atoms with E-state index in [4.69, 9.17) is 11.6 Å². The normalized spacial score (nSPS) is 13.5. The molecule has 1 aromatic heterocycles. The SMILES string of the molecule is Cc1c(Cl)cccc1NC(=O)c1cc(NC(=O)c2ccccc2C(F)(F)F)cc2[nH]c(N3CC(O)C3)nc12.Cl. The maximum atomic E-state index is 13.5. The van der Waals surface area contributed by atoms with E-state index in [0.29, 0.717) is 40.8 Å². The van der Waals surface area contributed by atoms with E-state index < -0.39 is 35.2 Å². The molecule has 1 saturated heterocycles. The Labute approximate surface area is 231 Å². The maximum absolute atomic E-state index is 13.5. The molecule has 8 nitrogen and oxygen atoms in total. The first-order valence-corrected chi connectivity index (χ1v) is 11.9. The number of H-pyrrole nitrogens is 1. The van der Waals surface area contributed by atoms with Gasteiger partial charge in [-0.05, 0) is 48.9 Å². The van der Waals surface area contributed by atoms with Crippen molar-refractivity contribution in [2.45, 2.75) is 19.2 Å². The van der Waals surface area contributed by atoms with E-state index in [2.05, 4.69) is 20.6 Å². The van der Waals surface area contributed by atoms with Gasteiger partial charge in [0.05, 0.1) is 28.3 Å². The lowest BCUT2D eigenvalue weighted by Crippen LogP contribution is -2.51. The number of anilines is 3. The zero-order valence-electron chi connectivity index (χ0n) is 20.3. The molecule has 2 heterocycles. The number of β-amino-alcohol motifs (C(OH)–C–C–N with tert-alkyl or cyclic N) is 1. The summed E-state index contributed by atoms with van der Waals surface area (Å²) >= 11 is 6.17. The Morgan fingerprint density at radius 3 is 2.44 bits per heavy atom. The molecule has 1 aliphatic rings. The Balaban J connectivity index is 0.00000353. The first kappa shape index (κ1) is 28.2. The fourth-order valence-corrected chi connectivity index (χ4v) is 4.36. The number of rotatable bonds is 5. The summed E-state index contributed by atoms with van der Waals surface area (Å²) in [7, 11) is 0. The standard InChI is InChI=1S/C26H21ClF3N5O3.ClH/c1-13-19(27)7-4-8-20(13)32-24(38)17-9-14(10-21-22(17)34-25(33-21)35-11-15(36)12-35)31-23(37)16-5-2-3-6-18(16)26(28,29)30;/h2-10,15,36H,11-12H2,1H3,(H,31,37)(H,32,38)(H,33,34);1H. The minimum Gasteiger partial charge on any atom is -0.389 e. The molecule has 39 heavy (non-hydrogen) atoms. The highest BCUT2D eigenvalue weighted by molar-refractivity contribution is 6.31. The van der Waals surface area contributed by atoms with Crippen LogP contribution in [0.15, 0.2) is 54.6 Å². The number of aliphatic hydroxyl groups is 1. The highest BCUT2D eigenvalue weighted by Gasteiger charge is 2.35. The average Bonchev–Trinajstić information content (AvgIpc) is 3.27. The Kier molecular flexibility index (Phi) is 7.78. The molecule has 0 atom stereocenters. The number of carbonyl (C=O) groups excluding carboxylic acids is 2. The van der Waals surface area contributed by atoms with Gasteiger partial charge in [-0.25, -0.2) is 4.98 Å². The van der Waals surface area contributed by atoms with Gasteiger partial charge in [0.1, 0.15) is 5.52 Å². The van der Waals surface area contributed by atoms with Crippen LogP contribution in [0.1, 0.15) is 31.8 Å². The summed E-state index contributed by atoms with van der Waals surface area (Å²) in [5, 5.41) is 15.4. The summed E-state index contributed by atoms with van der Waals surface area (Å²) < 4.78 is 40.4. The van der Waals surface area contributed by atoms with Crippen LogP contribution in [0.4, 0.5) is 30.5 Å². The van der Waals surface area contributed by atoms with E-state index in [0.717, 1.165) is 12.1 Å². The molecular weight excluding hydrogens is 558 g/mol. The second kappa shape index (κ2) is 10.8. The van der Waals surface area contributed by atoms with Crippen molar-refractivity contribution < 1.29 is 27.9 Å². The number of aromatic nitrogens is 2. The van der Waals surface area contributed by atoms with E-state index in [9.17, 15) is 27.9 Å². The number of nitrogens with one attached hydrogen (secondary N) is 3. The van der Waals surface area contributed by atoms with Crippen LogP contribution in [0.5, 0.6) is 0 Å². The molecule has 0 aliphatic carbocycles. The molecular formula is C26H22Cl2F3N5O3. The van der Waals surface area contributed by atoms with Gasteiger partial charge in [0.25, 0.3) is 11.8 Å². The van der Waals surface area contributed by atoms with Crippen LogP contribution in [0.25, 0.3) is 11.0 Å². The number of fused-ring (bicyclic) bond motifs is 1. The molecule has 0 radical (unpaired) electrons. The van der Waals surface area contributed by atoms with Crippen LogP contribution >= 0.6 is 24.0 Å². The maximum Gasteiger partial charge on any atom is 0.417 e. The number of hydrogen-bond donors (Lipinski definition) is 4. The minimum atomic E-state index is -4.72. The summed E-state index contributed by atoms with van der Waals surface area (Å²) in [4.78, 5) is 35.6. The predicted octanol–water partition coefficient (Wildman–Crippen LogP) is 5.65. The summed E-state index contributed by atoms with van der Waals surface area (Å²) in [5.41, 5.74) is 0.295. The summed E-state index contributed by atoms with van der Waals surface area (Å²) in [6.07, 6.45) is -5.22. The Hall–Kier alpha value is -3.80. The van der Waals surface area contributed by atoms with Gasteiger partial charge in [0.2, 0.25) is 5.95 Å². The van der Waals surface area contributed by atoms with Gasteiger partial charge in [-0.2, -0.15) is 13.2 Å². The van der Waals surface area contributed by atoms with E-state index in [1.807, 2.05) is 0 Å². The van der Waals surface area contributed by atoms with Crippen molar-refractivity contribution >= 4 is 64.2 Å². The smallest absolute Gasteiger partial charge is 0.389 e. The number of carbonyl (C=O) groups is 2. The number of aromatic amines is 1. The van der Waals surface area contributed by atoms with Gasteiger partial charge in [0.15, 0.2) is 0 Å². The van der Waals surface area contributed by atoms with Gasteiger partial charge >= 0.3 is 6.18 Å². The molecule has 2 amide bonds. The van der Waals surface area contributed by atoms with Crippen LogP contribution in [0.3, 0.4) is 0 Å². The van der Waals surface area contributed by atoms with Crippen molar-refractivity contribution in [1.29, 1.82) is 0 Å². The monoisotopic (exact) mass is 579 g/mol. The average molecular weight is 580 g/mol. The molecule has 1 fully saturated rings. The molecule has 4 aromatic rings. The first-order chi connectivity index (χ1) is 18.0. The van der Waals surface area contributed by atoms with E-state index in [1.54, 1.807) is 30.0 Å². The van der Waals surface area contributed by atoms with E-state index in [-0.39, 0.29) is 29.2 Å². The predicted molar refractivity (Wildman–Crippen MR) is 145 cm³/mol. The van der Waals surface area contributed by atoms with Gasteiger partial charge in [-0.1, -0.05) is 29.8 Å². The summed E-state index contributed by atoms with van der Waals surface area (Å²) in [5.74, 6) is -1.14. The Morgan fingerprint density at radius 1 is 1.05 bits per heavy atom. The molecule has 4 N–H and O–H groups in total.